The summed E-state index contributed by atoms with van der Waals surface area (Å²) in [5.74, 6) is -0.135. The van der Waals surface area contributed by atoms with E-state index in [0.29, 0.717) is 5.56 Å². The third kappa shape index (κ3) is 4.38. The van der Waals surface area contributed by atoms with Gasteiger partial charge in [0.2, 0.25) is 17.8 Å². The van der Waals surface area contributed by atoms with E-state index in [0.717, 1.165) is 16.6 Å². The first-order chi connectivity index (χ1) is 12.9. The van der Waals surface area contributed by atoms with Gasteiger partial charge in [0, 0.05) is 49.2 Å². The van der Waals surface area contributed by atoms with E-state index in [-0.39, 0.29) is 23.8 Å². The van der Waals surface area contributed by atoms with Crippen molar-refractivity contribution in [3.8, 4) is 0 Å². The summed E-state index contributed by atoms with van der Waals surface area (Å²) in [5, 5.41) is 3.61. The first kappa shape index (κ1) is 18.3. The lowest BCUT2D eigenvalue weighted by molar-refractivity contribution is -0.126. The maximum atomic E-state index is 12.5. The standard InChI is InChI=1S/C20H21N5O2/c1-13(18-10-16-6-4-5-7-17(16)24-18)25(3)19(27)9-8-15-11-21-20(22-12-15)23-14(2)26/h4-13,24H,1-3H3,(H,21,22,23,26)/b9-8+. The van der Waals surface area contributed by atoms with Crippen LogP contribution in [0.25, 0.3) is 17.0 Å². The van der Waals surface area contributed by atoms with Gasteiger partial charge in [-0.3, -0.25) is 14.9 Å². The molecule has 3 rings (SSSR count). The average Bonchev–Trinajstić information content (AvgIpc) is 3.09. The Balaban J connectivity index is 1.67. The predicted octanol–water partition coefficient (Wildman–Crippen LogP) is 3.15. The van der Waals surface area contributed by atoms with Crippen molar-refractivity contribution in [3.63, 3.8) is 0 Å². The van der Waals surface area contributed by atoms with Crippen LogP contribution in [0.1, 0.15) is 31.1 Å². The van der Waals surface area contributed by atoms with Crippen LogP contribution in [0.5, 0.6) is 0 Å². The normalized spacial score (nSPS) is 12.3. The molecule has 1 unspecified atom stereocenters. The minimum absolute atomic E-state index is 0.104. The molecule has 0 saturated carbocycles. The monoisotopic (exact) mass is 363 g/mol. The van der Waals surface area contributed by atoms with Crippen molar-refractivity contribution >= 4 is 34.7 Å². The molecule has 0 aliphatic rings. The van der Waals surface area contributed by atoms with Gasteiger partial charge in [0.15, 0.2) is 0 Å². The van der Waals surface area contributed by atoms with Crippen LogP contribution in [0.2, 0.25) is 0 Å². The number of likely N-dealkylation sites (N-methyl/N-ethyl adjacent to an activating group) is 1. The summed E-state index contributed by atoms with van der Waals surface area (Å²) in [6.07, 6.45) is 6.22. The summed E-state index contributed by atoms with van der Waals surface area (Å²) in [7, 11) is 1.76. The van der Waals surface area contributed by atoms with Crippen LogP contribution in [-0.4, -0.2) is 38.7 Å². The summed E-state index contributed by atoms with van der Waals surface area (Å²) in [4.78, 5) is 36.5. The number of rotatable bonds is 5. The van der Waals surface area contributed by atoms with Gasteiger partial charge in [-0.2, -0.15) is 0 Å². The van der Waals surface area contributed by atoms with Crippen LogP contribution in [0.4, 0.5) is 5.95 Å². The van der Waals surface area contributed by atoms with Crippen LogP contribution in [0.15, 0.2) is 48.8 Å². The van der Waals surface area contributed by atoms with Gasteiger partial charge in [-0.05, 0) is 30.5 Å². The van der Waals surface area contributed by atoms with Gasteiger partial charge in [-0.15, -0.1) is 0 Å². The van der Waals surface area contributed by atoms with Crippen LogP contribution >= 0.6 is 0 Å². The molecule has 0 aliphatic heterocycles. The maximum absolute atomic E-state index is 12.5. The molecule has 2 N–H and O–H groups in total. The molecule has 2 amide bonds. The Bertz CT molecular complexity index is 958. The molecule has 1 atom stereocenters. The predicted molar refractivity (Wildman–Crippen MR) is 105 cm³/mol. The lowest BCUT2D eigenvalue weighted by Gasteiger charge is -2.22. The molecule has 0 saturated heterocycles. The average molecular weight is 363 g/mol. The van der Waals surface area contributed by atoms with Crippen molar-refractivity contribution in [1.29, 1.82) is 0 Å². The second-order valence-corrected chi connectivity index (χ2v) is 6.29. The summed E-state index contributed by atoms with van der Waals surface area (Å²) >= 11 is 0. The van der Waals surface area contributed by atoms with E-state index < -0.39 is 0 Å². The number of nitrogens with one attached hydrogen (secondary N) is 2. The Morgan fingerprint density at radius 1 is 1.22 bits per heavy atom. The number of H-pyrrole nitrogens is 1. The largest absolute Gasteiger partial charge is 0.357 e. The number of fused-ring (bicyclic) bond motifs is 1. The molecule has 138 valence electrons. The van der Waals surface area contributed by atoms with E-state index in [1.807, 2.05) is 31.2 Å². The van der Waals surface area contributed by atoms with Gasteiger partial charge >= 0.3 is 0 Å². The van der Waals surface area contributed by atoms with Crippen molar-refractivity contribution in [1.82, 2.24) is 19.9 Å². The molecule has 1 aromatic carbocycles. The molecule has 0 spiro atoms. The lowest BCUT2D eigenvalue weighted by Crippen LogP contribution is -2.28. The number of para-hydroxylation sites is 1. The number of hydrogen-bond acceptors (Lipinski definition) is 4. The van der Waals surface area contributed by atoms with Gasteiger partial charge in [-0.1, -0.05) is 18.2 Å². The zero-order valence-corrected chi connectivity index (χ0v) is 15.4. The third-order valence-electron chi connectivity index (χ3n) is 4.31. The SMILES string of the molecule is CC(=O)Nc1ncc(/C=C/C(=O)N(C)C(C)c2cc3ccccc3[nH]2)cn1. The molecule has 7 nitrogen and oxygen atoms in total. The fourth-order valence-electron chi connectivity index (χ4n) is 2.65. The molecule has 2 aromatic heterocycles. The Morgan fingerprint density at radius 2 is 1.93 bits per heavy atom. The molecule has 0 fully saturated rings. The number of carbonyl (C=O) groups is 2. The Hall–Kier alpha value is -3.48. The van der Waals surface area contributed by atoms with Crippen LogP contribution in [0.3, 0.4) is 0 Å². The van der Waals surface area contributed by atoms with Gasteiger partial charge in [0.05, 0.1) is 6.04 Å². The number of carbonyl (C=O) groups excluding carboxylic acids is 2. The number of anilines is 1. The highest BCUT2D eigenvalue weighted by molar-refractivity contribution is 5.92. The van der Waals surface area contributed by atoms with Crippen molar-refractivity contribution in [2.24, 2.45) is 0 Å². The molecule has 2 heterocycles. The fourth-order valence-corrected chi connectivity index (χ4v) is 2.65. The van der Waals surface area contributed by atoms with Crippen molar-refractivity contribution in [2.45, 2.75) is 19.9 Å². The molecule has 0 radical (unpaired) electrons. The smallest absolute Gasteiger partial charge is 0.246 e. The van der Waals surface area contributed by atoms with Crippen molar-refractivity contribution in [3.05, 3.63) is 60.1 Å². The number of aromatic amines is 1. The van der Waals surface area contributed by atoms with Crippen LogP contribution < -0.4 is 5.32 Å². The Morgan fingerprint density at radius 3 is 2.59 bits per heavy atom. The third-order valence-corrected chi connectivity index (χ3v) is 4.31. The van der Waals surface area contributed by atoms with Gasteiger partial charge < -0.3 is 9.88 Å². The van der Waals surface area contributed by atoms with Crippen LogP contribution in [0, 0.1) is 0 Å². The minimum Gasteiger partial charge on any atom is -0.357 e. The molecule has 0 bridgehead atoms. The van der Waals surface area contributed by atoms with E-state index in [9.17, 15) is 9.59 Å². The Kier molecular flexibility index (Phi) is 5.30. The van der Waals surface area contributed by atoms with E-state index in [4.69, 9.17) is 0 Å². The van der Waals surface area contributed by atoms with E-state index in [1.54, 1.807) is 30.4 Å². The summed E-state index contributed by atoms with van der Waals surface area (Å²) < 4.78 is 0. The minimum atomic E-state index is -0.235. The highest BCUT2D eigenvalue weighted by atomic mass is 16.2. The summed E-state index contributed by atoms with van der Waals surface area (Å²) in [5.41, 5.74) is 2.69. The van der Waals surface area contributed by atoms with Crippen molar-refractivity contribution in [2.75, 3.05) is 12.4 Å². The highest BCUT2D eigenvalue weighted by Gasteiger charge is 2.17. The number of aromatic nitrogens is 3. The van der Waals surface area contributed by atoms with E-state index in [1.165, 1.54) is 13.0 Å². The lowest BCUT2D eigenvalue weighted by atomic mass is 10.2. The van der Waals surface area contributed by atoms with Gasteiger partial charge in [0.25, 0.3) is 0 Å². The van der Waals surface area contributed by atoms with E-state index in [2.05, 4.69) is 26.3 Å². The van der Waals surface area contributed by atoms with Crippen LogP contribution in [-0.2, 0) is 9.59 Å². The number of hydrogen-bond donors (Lipinski definition) is 2. The second-order valence-electron chi connectivity index (χ2n) is 6.29. The number of nitrogens with zero attached hydrogens (tertiary/aromatic N) is 3. The molecule has 27 heavy (non-hydrogen) atoms. The molecule has 3 aromatic rings. The van der Waals surface area contributed by atoms with Gasteiger partial charge in [0.1, 0.15) is 0 Å². The first-order valence-electron chi connectivity index (χ1n) is 8.56. The van der Waals surface area contributed by atoms with E-state index >= 15 is 0 Å². The second kappa shape index (κ2) is 7.82. The van der Waals surface area contributed by atoms with Crippen molar-refractivity contribution < 1.29 is 9.59 Å². The zero-order valence-electron chi connectivity index (χ0n) is 15.4. The first-order valence-corrected chi connectivity index (χ1v) is 8.56. The summed E-state index contributed by atoms with van der Waals surface area (Å²) in [6.45, 7) is 3.36. The topological polar surface area (TPSA) is 91.0 Å². The Labute approximate surface area is 157 Å². The number of benzene rings is 1. The summed E-state index contributed by atoms with van der Waals surface area (Å²) in [6, 6.07) is 9.97. The van der Waals surface area contributed by atoms with Gasteiger partial charge in [-0.25, -0.2) is 9.97 Å². The molecular weight excluding hydrogens is 342 g/mol. The zero-order chi connectivity index (χ0) is 19.4. The molecule has 7 heteroatoms. The number of amides is 2. The quantitative estimate of drug-likeness (QED) is 0.681. The molecule has 0 aliphatic carbocycles. The highest BCUT2D eigenvalue weighted by Crippen LogP contribution is 2.23. The fraction of sp³-hybridized carbons (Fsp3) is 0.200. The maximum Gasteiger partial charge on any atom is 0.246 e. The molecular formula is C20H21N5O2.